The Morgan fingerprint density at radius 1 is 1.25 bits per heavy atom. The van der Waals surface area contributed by atoms with E-state index in [-0.39, 0.29) is 5.75 Å². The first-order valence-corrected chi connectivity index (χ1v) is 4.98. The van der Waals surface area contributed by atoms with Gasteiger partial charge < -0.3 is 20.4 Å². The van der Waals surface area contributed by atoms with E-state index in [0.29, 0.717) is 0 Å². The van der Waals surface area contributed by atoms with Crippen LogP contribution in [0.25, 0.3) is 0 Å². The lowest BCUT2D eigenvalue weighted by molar-refractivity contribution is -0.0610. The fourth-order valence-electron chi connectivity index (χ4n) is 1.18. The molecule has 0 radical (unpaired) electrons. The number of hydrogen-bond donors (Lipinski definition) is 4. The average molecular weight is 196 g/mol. The van der Waals surface area contributed by atoms with Gasteiger partial charge >= 0.3 is 0 Å². The summed E-state index contributed by atoms with van der Waals surface area (Å²) in [7, 11) is -1.47. The molecule has 1 rings (SSSR count). The summed E-state index contributed by atoms with van der Waals surface area (Å²) >= 11 is 0. The molecule has 0 bridgehead atoms. The van der Waals surface area contributed by atoms with E-state index < -0.39 is 41.0 Å². The Balaban J connectivity index is 2.72. The van der Waals surface area contributed by atoms with Crippen LogP contribution in [-0.2, 0) is 10.8 Å². The van der Waals surface area contributed by atoms with Gasteiger partial charge in [-0.1, -0.05) is 0 Å². The minimum absolute atomic E-state index is 0.0938. The molecule has 1 fully saturated rings. The SMILES string of the molecule is O=S1C[C@@H](O)[C@@H](O)[C@H](O)[C@@H]1CO. The number of rotatable bonds is 1. The van der Waals surface area contributed by atoms with E-state index in [1.807, 2.05) is 0 Å². The minimum Gasteiger partial charge on any atom is -0.395 e. The first-order valence-electron chi connectivity index (χ1n) is 3.60. The van der Waals surface area contributed by atoms with Crippen LogP contribution in [0, 0.1) is 0 Å². The van der Waals surface area contributed by atoms with Gasteiger partial charge in [0.25, 0.3) is 0 Å². The van der Waals surface area contributed by atoms with E-state index in [0.717, 1.165) is 0 Å². The first kappa shape index (κ1) is 10.1. The molecule has 1 saturated heterocycles. The monoisotopic (exact) mass is 196 g/mol. The highest BCUT2D eigenvalue weighted by Gasteiger charge is 2.40. The smallest absolute Gasteiger partial charge is 0.108 e. The third kappa shape index (κ3) is 1.67. The Bertz CT molecular complexity index is 185. The van der Waals surface area contributed by atoms with Gasteiger partial charge in [0.2, 0.25) is 0 Å². The van der Waals surface area contributed by atoms with E-state index in [1.54, 1.807) is 0 Å². The minimum atomic E-state index is -1.47. The fraction of sp³-hybridized carbons (Fsp3) is 1.00. The largest absolute Gasteiger partial charge is 0.395 e. The van der Waals surface area contributed by atoms with Gasteiger partial charge in [0, 0.05) is 10.8 Å². The highest BCUT2D eigenvalue weighted by molar-refractivity contribution is 7.85. The highest BCUT2D eigenvalue weighted by atomic mass is 32.2. The molecule has 6 heteroatoms. The lowest BCUT2D eigenvalue weighted by atomic mass is 10.1. The predicted molar refractivity (Wildman–Crippen MR) is 41.9 cm³/mol. The maximum atomic E-state index is 11.1. The van der Waals surface area contributed by atoms with Gasteiger partial charge in [0.05, 0.1) is 29.8 Å². The molecule has 12 heavy (non-hydrogen) atoms. The topological polar surface area (TPSA) is 98.0 Å². The summed E-state index contributed by atoms with van der Waals surface area (Å²) in [6.07, 6.45) is -3.77. The van der Waals surface area contributed by atoms with E-state index in [9.17, 15) is 9.32 Å². The van der Waals surface area contributed by atoms with E-state index in [4.69, 9.17) is 15.3 Å². The molecule has 0 spiro atoms. The molecule has 1 unspecified atom stereocenters. The maximum Gasteiger partial charge on any atom is 0.108 e. The van der Waals surface area contributed by atoms with Crippen LogP contribution in [0.4, 0.5) is 0 Å². The molecule has 0 saturated carbocycles. The predicted octanol–water partition coefficient (Wildman–Crippen LogP) is -2.81. The van der Waals surface area contributed by atoms with Crippen LogP contribution in [0.2, 0.25) is 0 Å². The van der Waals surface area contributed by atoms with Crippen molar-refractivity contribution in [2.24, 2.45) is 0 Å². The zero-order valence-corrected chi connectivity index (χ0v) is 7.15. The van der Waals surface area contributed by atoms with Crippen molar-refractivity contribution in [1.82, 2.24) is 0 Å². The van der Waals surface area contributed by atoms with Gasteiger partial charge in [-0.25, -0.2) is 0 Å². The van der Waals surface area contributed by atoms with Crippen LogP contribution >= 0.6 is 0 Å². The summed E-state index contributed by atoms with van der Waals surface area (Å²) in [6.45, 7) is -0.447. The van der Waals surface area contributed by atoms with Crippen molar-refractivity contribution in [3.05, 3.63) is 0 Å². The first-order chi connectivity index (χ1) is 5.57. The summed E-state index contributed by atoms with van der Waals surface area (Å²) in [4.78, 5) is 0. The van der Waals surface area contributed by atoms with Gasteiger partial charge in [-0.3, -0.25) is 4.21 Å². The van der Waals surface area contributed by atoms with Crippen LogP contribution < -0.4 is 0 Å². The second-order valence-corrected chi connectivity index (χ2v) is 4.52. The summed E-state index contributed by atoms with van der Waals surface area (Å²) in [6, 6.07) is 0. The Labute approximate surface area is 72.1 Å². The summed E-state index contributed by atoms with van der Waals surface area (Å²) in [5, 5.41) is 35.2. The van der Waals surface area contributed by atoms with Crippen LogP contribution in [0.15, 0.2) is 0 Å². The summed E-state index contributed by atoms with van der Waals surface area (Å²) < 4.78 is 11.1. The molecule has 0 amide bonds. The van der Waals surface area contributed by atoms with Crippen molar-refractivity contribution in [2.75, 3.05) is 12.4 Å². The van der Waals surface area contributed by atoms with Gasteiger partial charge in [-0.15, -0.1) is 0 Å². The number of hydrogen-bond acceptors (Lipinski definition) is 5. The number of aliphatic hydroxyl groups is 4. The molecular weight excluding hydrogens is 184 g/mol. The molecule has 1 aliphatic heterocycles. The molecule has 72 valence electrons. The van der Waals surface area contributed by atoms with E-state index in [2.05, 4.69) is 0 Å². The van der Waals surface area contributed by atoms with Gasteiger partial charge in [-0.2, -0.15) is 0 Å². The Kier molecular flexibility index (Phi) is 3.19. The Morgan fingerprint density at radius 3 is 2.33 bits per heavy atom. The Hall–Kier alpha value is -0.0100. The van der Waals surface area contributed by atoms with Crippen molar-refractivity contribution < 1.29 is 24.6 Å². The molecule has 1 heterocycles. The second kappa shape index (κ2) is 3.80. The van der Waals surface area contributed by atoms with Crippen LogP contribution in [0.5, 0.6) is 0 Å². The van der Waals surface area contributed by atoms with Crippen molar-refractivity contribution in [3.63, 3.8) is 0 Å². The zero-order valence-electron chi connectivity index (χ0n) is 6.33. The Morgan fingerprint density at radius 2 is 1.83 bits per heavy atom. The van der Waals surface area contributed by atoms with Crippen LogP contribution in [0.1, 0.15) is 0 Å². The summed E-state index contributed by atoms with van der Waals surface area (Å²) in [5.74, 6) is -0.0938. The average Bonchev–Trinajstić information content (AvgIpc) is 2.01. The standard InChI is InChI=1S/C6H12O5S/c7-1-4-6(10)5(9)3(8)2-12(4)11/h3-10H,1-2H2/t3-,4+,5-,6-,12?/m1/s1. The van der Waals surface area contributed by atoms with Crippen molar-refractivity contribution in [2.45, 2.75) is 23.6 Å². The zero-order chi connectivity index (χ0) is 9.30. The van der Waals surface area contributed by atoms with E-state index in [1.165, 1.54) is 0 Å². The highest BCUT2D eigenvalue weighted by Crippen LogP contribution is 2.17. The van der Waals surface area contributed by atoms with Gasteiger partial charge in [0.1, 0.15) is 6.10 Å². The molecule has 0 aliphatic carbocycles. The third-order valence-corrected chi connectivity index (χ3v) is 3.75. The van der Waals surface area contributed by atoms with Crippen molar-refractivity contribution >= 4 is 10.8 Å². The quantitative estimate of drug-likeness (QED) is 0.363. The molecule has 0 aromatic carbocycles. The van der Waals surface area contributed by atoms with Gasteiger partial charge in [0.15, 0.2) is 0 Å². The summed E-state index contributed by atoms with van der Waals surface area (Å²) in [5.41, 5.74) is 0. The molecule has 1 aliphatic rings. The maximum absolute atomic E-state index is 11.1. The molecule has 5 nitrogen and oxygen atoms in total. The van der Waals surface area contributed by atoms with E-state index >= 15 is 0 Å². The molecule has 5 atom stereocenters. The normalized spacial score (nSPS) is 49.2. The molecule has 0 aromatic heterocycles. The van der Waals surface area contributed by atoms with Crippen molar-refractivity contribution in [3.8, 4) is 0 Å². The molecule has 4 N–H and O–H groups in total. The molecular formula is C6H12O5S. The number of aliphatic hydroxyl groups excluding tert-OH is 4. The van der Waals surface area contributed by atoms with Crippen molar-refractivity contribution in [1.29, 1.82) is 0 Å². The third-order valence-electron chi connectivity index (χ3n) is 1.98. The van der Waals surface area contributed by atoms with Crippen LogP contribution in [-0.4, -0.2) is 60.6 Å². The second-order valence-electron chi connectivity index (χ2n) is 2.82. The van der Waals surface area contributed by atoms with Crippen LogP contribution in [0.3, 0.4) is 0 Å². The van der Waals surface area contributed by atoms with Gasteiger partial charge in [-0.05, 0) is 0 Å². The lowest BCUT2D eigenvalue weighted by Crippen LogP contribution is -2.55. The lowest BCUT2D eigenvalue weighted by Gasteiger charge is -2.33. The fourth-order valence-corrected chi connectivity index (χ4v) is 2.60. The molecule has 0 aromatic rings.